The first kappa shape index (κ1) is 21.8. The summed E-state index contributed by atoms with van der Waals surface area (Å²) in [6, 6.07) is 0. The first-order valence-corrected chi connectivity index (χ1v) is 8.94. The number of fused-ring (bicyclic) bond motifs is 1. The van der Waals surface area contributed by atoms with Crippen LogP contribution in [0.1, 0.15) is 71.2 Å². The van der Waals surface area contributed by atoms with Gasteiger partial charge in [-0.05, 0) is 110 Å². The molecule has 0 saturated carbocycles. The van der Waals surface area contributed by atoms with Crippen molar-refractivity contribution in [1.82, 2.24) is 0 Å². The molecule has 2 rings (SSSR count). The third kappa shape index (κ3) is 3.26. The molecule has 0 fully saturated rings. The second kappa shape index (κ2) is 8.00. The molecule has 129 valence electrons. The van der Waals surface area contributed by atoms with Crippen molar-refractivity contribution < 1.29 is 32.7 Å². The van der Waals surface area contributed by atoms with Crippen molar-refractivity contribution in [3.63, 3.8) is 0 Å². The molecule has 0 amide bonds. The topological polar surface area (TPSA) is 0 Å². The second-order valence-corrected chi connectivity index (χ2v) is 7.52. The van der Waals surface area contributed by atoms with E-state index in [0.29, 0.717) is 11.8 Å². The van der Waals surface area contributed by atoms with Gasteiger partial charge in [0, 0.05) is 32.7 Å². The zero-order valence-corrected chi connectivity index (χ0v) is 20.1. The Balaban J connectivity index is 0.00000288. The zero-order valence-electron chi connectivity index (χ0n) is 17.3. The number of aryl methyl sites for hydroxylation is 3. The zero-order chi connectivity index (χ0) is 17.6. The molecule has 2 aromatic carbocycles. The molecule has 0 aliphatic rings. The van der Waals surface area contributed by atoms with Gasteiger partial charge in [-0.2, -0.15) is 12.8 Å². The Morgan fingerprint density at radius 1 is 0.583 bits per heavy atom. The van der Waals surface area contributed by atoms with Crippen LogP contribution in [-0.2, 0) is 32.7 Å². The van der Waals surface area contributed by atoms with Crippen molar-refractivity contribution in [2.45, 2.75) is 75.2 Å². The molecule has 1 heteroatoms. The molecule has 0 N–H and O–H groups in total. The Bertz CT molecular complexity index is 760. The van der Waals surface area contributed by atoms with Gasteiger partial charge >= 0.3 is 0 Å². The van der Waals surface area contributed by atoms with Gasteiger partial charge in [0.2, 0.25) is 0 Å². The Labute approximate surface area is 174 Å². The molecule has 1 radical (unpaired) electrons. The van der Waals surface area contributed by atoms with Gasteiger partial charge in [0.15, 0.2) is 0 Å². The minimum Gasteiger partial charge on any atom is -0.328 e. The molecule has 0 nitrogen and oxygen atoms in total. The summed E-state index contributed by atoms with van der Waals surface area (Å²) >= 11 is 0. The van der Waals surface area contributed by atoms with Crippen LogP contribution in [0.5, 0.6) is 0 Å². The molecule has 2 atom stereocenters. The van der Waals surface area contributed by atoms with Crippen LogP contribution in [0.15, 0.2) is 0 Å². The summed E-state index contributed by atoms with van der Waals surface area (Å²) in [6.07, 6.45) is 2.34. The van der Waals surface area contributed by atoms with Crippen molar-refractivity contribution in [2.24, 2.45) is 5.92 Å². The Kier molecular flexibility index (Phi) is 7.29. The van der Waals surface area contributed by atoms with Gasteiger partial charge in [0.05, 0.1) is 0 Å². The monoisotopic (exact) mass is 398 g/mol. The van der Waals surface area contributed by atoms with E-state index in [2.05, 4.69) is 75.7 Å². The quantitative estimate of drug-likeness (QED) is 0.490. The predicted octanol–water partition coefficient (Wildman–Crippen LogP) is 6.96. The fraction of sp³-hybridized carbons (Fsp3) is 0.522. The van der Waals surface area contributed by atoms with E-state index in [4.69, 9.17) is 0 Å². The number of hydrogen-bond acceptors (Lipinski definition) is 0. The first-order chi connectivity index (χ1) is 10.6. The van der Waals surface area contributed by atoms with E-state index in [0.717, 1.165) is 0 Å². The van der Waals surface area contributed by atoms with Gasteiger partial charge < -0.3 is 6.42 Å². The Morgan fingerprint density at radius 2 is 0.958 bits per heavy atom. The van der Waals surface area contributed by atoms with Crippen LogP contribution in [0.25, 0.3) is 10.8 Å². The van der Waals surface area contributed by atoms with E-state index in [1.807, 2.05) is 0 Å². The van der Waals surface area contributed by atoms with Crippen molar-refractivity contribution in [3.05, 3.63) is 50.9 Å². The van der Waals surface area contributed by atoms with E-state index >= 15 is 0 Å². The summed E-state index contributed by atoms with van der Waals surface area (Å²) in [6.45, 7) is 23.0. The van der Waals surface area contributed by atoms with Crippen molar-refractivity contribution in [1.29, 1.82) is 0 Å². The van der Waals surface area contributed by atoms with Crippen LogP contribution < -0.4 is 0 Å². The standard InChI is InChI=1S/C23H33.Y/c1-11-12(2)13(3)21-18(8)16(6)19(9)22-17(7)14(4)15(5)20(10)23(21)22;/h11-13H,1-10H3;/q-1;. The Hall–Kier alpha value is -0.196. The third-order valence-corrected chi connectivity index (χ3v) is 6.63. The smallest absolute Gasteiger partial charge is 0 e. The summed E-state index contributed by atoms with van der Waals surface area (Å²) in [5.41, 5.74) is 11.8. The summed E-state index contributed by atoms with van der Waals surface area (Å²) < 4.78 is 0. The predicted molar refractivity (Wildman–Crippen MR) is 105 cm³/mol. The summed E-state index contributed by atoms with van der Waals surface area (Å²) in [5.74, 6) is 1.13. The molecule has 0 heterocycles. The van der Waals surface area contributed by atoms with Crippen LogP contribution in [0.4, 0.5) is 0 Å². The maximum absolute atomic E-state index is 2.39. The van der Waals surface area contributed by atoms with Crippen LogP contribution in [-0.4, -0.2) is 0 Å². The molecule has 0 aliphatic carbocycles. The van der Waals surface area contributed by atoms with Crippen molar-refractivity contribution in [3.8, 4) is 0 Å². The van der Waals surface area contributed by atoms with E-state index in [9.17, 15) is 0 Å². The van der Waals surface area contributed by atoms with Gasteiger partial charge in [0.25, 0.3) is 0 Å². The maximum Gasteiger partial charge on any atom is 0 e. The SMILES string of the molecule is C[CH-]C(C)C(C)c1c(C)c(C)c(C)c2c(C)c(C)c(C)c(C)c12.[Y]. The third-order valence-electron chi connectivity index (χ3n) is 6.63. The summed E-state index contributed by atoms with van der Waals surface area (Å²) in [5, 5.41) is 3.02. The molecule has 0 spiro atoms. The largest absolute Gasteiger partial charge is 0.328 e. The minimum absolute atomic E-state index is 0. The van der Waals surface area contributed by atoms with Gasteiger partial charge in [-0.1, -0.05) is 13.8 Å². The van der Waals surface area contributed by atoms with Gasteiger partial charge in [-0.3, -0.25) is 0 Å². The van der Waals surface area contributed by atoms with E-state index < -0.39 is 0 Å². The van der Waals surface area contributed by atoms with Crippen LogP contribution >= 0.6 is 0 Å². The molecule has 0 aromatic heterocycles. The van der Waals surface area contributed by atoms with E-state index in [-0.39, 0.29) is 32.7 Å². The molecular weight excluding hydrogens is 365 g/mol. The minimum atomic E-state index is 0. The van der Waals surface area contributed by atoms with E-state index in [1.165, 1.54) is 49.7 Å². The van der Waals surface area contributed by atoms with Crippen LogP contribution in [0.2, 0.25) is 0 Å². The number of hydrogen-bond donors (Lipinski definition) is 0. The van der Waals surface area contributed by atoms with E-state index in [1.54, 1.807) is 5.56 Å². The molecule has 0 saturated heterocycles. The maximum atomic E-state index is 2.39. The molecule has 0 aliphatic heterocycles. The summed E-state index contributed by atoms with van der Waals surface area (Å²) in [7, 11) is 0. The molecule has 24 heavy (non-hydrogen) atoms. The average molecular weight is 398 g/mol. The van der Waals surface area contributed by atoms with Crippen LogP contribution in [0.3, 0.4) is 0 Å². The second-order valence-electron chi connectivity index (χ2n) is 7.52. The number of rotatable bonds is 3. The van der Waals surface area contributed by atoms with Crippen molar-refractivity contribution in [2.75, 3.05) is 0 Å². The van der Waals surface area contributed by atoms with Crippen LogP contribution in [0, 0.1) is 60.8 Å². The fourth-order valence-electron chi connectivity index (χ4n) is 4.10. The van der Waals surface area contributed by atoms with Gasteiger partial charge in [-0.25, -0.2) is 0 Å². The molecule has 2 unspecified atom stereocenters. The summed E-state index contributed by atoms with van der Waals surface area (Å²) in [4.78, 5) is 0. The molecule has 2 aromatic rings. The first-order valence-electron chi connectivity index (χ1n) is 8.94. The molecular formula is C23H33Y-. The fourth-order valence-corrected chi connectivity index (χ4v) is 4.10. The van der Waals surface area contributed by atoms with Gasteiger partial charge in [-0.15, -0.1) is 0 Å². The average Bonchev–Trinajstić information content (AvgIpc) is 2.54. The normalized spacial score (nSPS) is 13.8. The number of benzene rings is 2. The Morgan fingerprint density at radius 3 is 1.38 bits per heavy atom. The van der Waals surface area contributed by atoms with Crippen molar-refractivity contribution >= 4 is 10.8 Å². The molecule has 0 bridgehead atoms. The van der Waals surface area contributed by atoms with Gasteiger partial charge in [0.1, 0.15) is 0 Å².